The Hall–Kier alpha value is -1.84. The van der Waals surface area contributed by atoms with Crippen molar-refractivity contribution in [1.29, 1.82) is 0 Å². The van der Waals surface area contributed by atoms with Gasteiger partial charge in [-0.25, -0.2) is 4.98 Å². The van der Waals surface area contributed by atoms with Gasteiger partial charge in [-0.15, -0.1) is 0 Å². The molecule has 0 spiro atoms. The highest BCUT2D eigenvalue weighted by Gasteiger charge is 2.03. The first kappa shape index (κ1) is 9.71. The van der Waals surface area contributed by atoms with Gasteiger partial charge in [-0.1, -0.05) is 6.07 Å². The molecule has 4 nitrogen and oxygen atoms in total. The number of nitrogens with zero attached hydrogens (tertiary/aromatic N) is 3. The molecule has 2 heterocycles. The maximum atomic E-state index is 4.36. The van der Waals surface area contributed by atoms with Crippen LogP contribution in [-0.4, -0.2) is 21.6 Å². The van der Waals surface area contributed by atoms with Crippen LogP contribution in [0.3, 0.4) is 0 Å². The number of anilines is 1. The Morgan fingerprint density at radius 1 is 1.47 bits per heavy atom. The maximum Gasteiger partial charge on any atom is 0.203 e. The second kappa shape index (κ2) is 4.13. The van der Waals surface area contributed by atoms with Crippen molar-refractivity contribution in [3.8, 4) is 0 Å². The summed E-state index contributed by atoms with van der Waals surface area (Å²) in [5.74, 6) is 0.886. The Kier molecular flexibility index (Phi) is 2.67. The molecule has 2 rings (SSSR count). The van der Waals surface area contributed by atoms with E-state index in [2.05, 4.69) is 25.9 Å². The Morgan fingerprint density at radius 2 is 2.33 bits per heavy atom. The third-order valence-electron chi connectivity index (χ3n) is 2.20. The molecular weight excluding hydrogens is 188 g/mol. The summed E-state index contributed by atoms with van der Waals surface area (Å²) >= 11 is 0. The van der Waals surface area contributed by atoms with E-state index in [0.29, 0.717) is 0 Å². The number of imidazole rings is 1. The van der Waals surface area contributed by atoms with Gasteiger partial charge in [0.05, 0.1) is 12.2 Å². The number of aryl methyl sites for hydroxylation is 1. The first-order valence-corrected chi connectivity index (χ1v) is 4.90. The van der Waals surface area contributed by atoms with Crippen LogP contribution in [-0.2, 0) is 6.54 Å². The first-order chi connectivity index (χ1) is 7.29. The van der Waals surface area contributed by atoms with Gasteiger partial charge in [0.15, 0.2) is 0 Å². The second-order valence-corrected chi connectivity index (χ2v) is 3.45. The number of rotatable bonds is 3. The molecule has 0 unspecified atom stereocenters. The molecular formula is C11H14N4. The third-order valence-corrected chi connectivity index (χ3v) is 2.20. The summed E-state index contributed by atoms with van der Waals surface area (Å²) in [5, 5.41) is 3.07. The topological polar surface area (TPSA) is 42.7 Å². The van der Waals surface area contributed by atoms with E-state index in [9.17, 15) is 0 Å². The van der Waals surface area contributed by atoms with E-state index < -0.39 is 0 Å². The van der Waals surface area contributed by atoms with Gasteiger partial charge in [0.1, 0.15) is 0 Å². The van der Waals surface area contributed by atoms with Gasteiger partial charge in [0, 0.05) is 25.6 Å². The van der Waals surface area contributed by atoms with Crippen molar-refractivity contribution in [2.24, 2.45) is 0 Å². The van der Waals surface area contributed by atoms with Crippen LogP contribution in [0.25, 0.3) is 0 Å². The van der Waals surface area contributed by atoms with Crippen LogP contribution < -0.4 is 5.32 Å². The Labute approximate surface area is 89.0 Å². The monoisotopic (exact) mass is 202 g/mol. The number of hydrogen-bond donors (Lipinski definition) is 1. The smallest absolute Gasteiger partial charge is 0.203 e. The van der Waals surface area contributed by atoms with Crippen LogP contribution >= 0.6 is 0 Å². The van der Waals surface area contributed by atoms with Crippen molar-refractivity contribution < 1.29 is 0 Å². The van der Waals surface area contributed by atoms with Crippen molar-refractivity contribution in [2.75, 3.05) is 12.4 Å². The number of nitrogens with one attached hydrogen (secondary N) is 1. The summed E-state index contributed by atoms with van der Waals surface area (Å²) < 4.78 is 2.08. The molecule has 0 aliphatic heterocycles. The molecule has 78 valence electrons. The highest BCUT2D eigenvalue weighted by molar-refractivity contribution is 5.29. The molecule has 1 N–H and O–H groups in total. The Morgan fingerprint density at radius 3 is 3.00 bits per heavy atom. The van der Waals surface area contributed by atoms with Gasteiger partial charge in [0.25, 0.3) is 0 Å². The fourth-order valence-electron chi connectivity index (χ4n) is 1.56. The molecule has 0 bridgehead atoms. The predicted molar refractivity (Wildman–Crippen MR) is 59.8 cm³/mol. The van der Waals surface area contributed by atoms with Crippen LogP contribution in [0.2, 0.25) is 0 Å². The van der Waals surface area contributed by atoms with Crippen LogP contribution in [0.4, 0.5) is 5.95 Å². The van der Waals surface area contributed by atoms with E-state index >= 15 is 0 Å². The maximum absolute atomic E-state index is 4.36. The van der Waals surface area contributed by atoms with Gasteiger partial charge < -0.3 is 9.88 Å². The van der Waals surface area contributed by atoms with Crippen LogP contribution in [0.15, 0.2) is 30.7 Å². The number of hydrogen-bond acceptors (Lipinski definition) is 3. The Balaban J connectivity index is 2.24. The molecule has 2 aromatic rings. The zero-order valence-corrected chi connectivity index (χ0v) is 8.94. The molecule has 2 aromatic heterocycles. The highest BCUT2D eigenvalue weighted by Crippen LogP contribution is 2.10. The molecule has 0 saturated heterocycles. The molecule has 4 heteroatoms. The van der Waals surface area contributed by atoms with E-state index in [1.807, 2.05) is 32.4 Å². The van der Waals surface area contributed by atoms with Crippen LogP contribution in [0, 0.1) is 6.92 Å². The minimum Gasteiger partial charge on any atom is -0.359 e. The Bertz CT molecular complexity index is 433. The standard InChI is InChI=1S/C11H14N4/c1-9-7-15(11(12-2)14-9)8-10-4-3-5-13-6-10/h3-7H,8H2,1-2H3,(H,12,14). The fourth-order valence-corrected chi connectivity index (χ4v) is 1.56. The molecule has 0 radical (unpaired) electrons. The lowest BCUT2D eigenvalue weighted by atomic mass is 10.3. The van der Waals surface area contributed by atoms with Gasteiger partial charge in [0.2, 0.25) is 5.95 Å². The molecule has 0 aromatic carbocycles. The molecule has 0 saturated carbocycles. The quantitative estimate of drug-likeness (QED) is 0.823. The van der Waals surface area contributed by atoms with Crippen molar-refractivity contribution in [1.82, 2.24) is 14.5 Å². The van der Waals surface area contributed by atoms with Crippen molar-refractivity contribution >= 4 is 5.95 Å². The van der Waals surface area contributed by atoms with Crippen molar-refractivity contribution in [2.45, 2.75) is 13.5 Å². The average Bonchev–Trinajstić information content (AvgIpc) is 2.60. The normalized spacial score (nSPS) is 10.3. The van der Waals surface area contributed by atoms with E-state index in [-0.39, 0.29) is 0 Å². The molecule has 0 aliphatic carbocycles. The number of pyridine rings is 1. The zero-order valence-electron chi connectivity index (χ0n) is 8.94. The largest absolute Gasteiger partial charge is 0.359 e. The third kappa shape index (κ3) is 2.15. The fraction of sp³-hybridized carbons (Fsp3) is 0.273. The summed E-state index contributed by atoms with van der Waals surface area (Å²) in [6.07, 6.45) is 5.68. The molecule has 0 fully saturated rings. The molecule has 0 amide bonds. The van der Waals surface area contributed by atoms with Gasteiger partial charge >= 0.3 is 0 Å². The van der Waals surface area contributed by atoms with E-state index in [4.69, 9.17) is 0 Å². The summed E-state index contributed by atoms with van der Waals surface area (Å²) in [5.41, 5.74) is 2.19. The minimum atomic E-state index is 0.796. The minimum absolute atomic E-state index is 0.796. The molecule has 0 aliphatic rings. The SMILES string of the molecule is CNc1nc(C)cn1Cc1cccnc1. The predicted octanol–water partition coefficient (Wildman–Crippen LogP) is 1.68. The van der Waals surface area contributed by atoms with Gasteiger partial charge in [-0.2, -0.15) is 0 Å². The summed E-state index contributed by atoms with van der Waals surface area (Å²) in [7, 11) is 1.88. The average molecular weight is 202 g/mol. The lowest BCUT2D eigenvalue weighted by molar-refractivity contribution is 0.800. The second-order valence-electron chi connectivity index (χ2n) is 3.45. The molecule has 0 atom stereocenters. The molecule has 15 heavy (non-hydrogen) atoms. The summed E-state index contributed by atoms with van der Waals surface area (Å²) in [6.45, 7) is 2.78. The summed E-state index contributed by atoms with van der Waals surface area (Å²) in [6, 6.07) is 4.00. The number of aromatic nitrogens is 3. The van der Waals surface area contributed by atoms with E-state index in [1.165, 1.54) is 5.56 Å². The van der Waals surface area contributed by atoms with Crippen molar-refractivity contribution in [3.63, 3.8) is 0 Å². The first-order valence-electron chi connectivity index (χ1n) is 4.90. The van der Waals surface area contributed by atoms with Crippen LogP contribution in [0.5, 0.6) is 0 Å². The van der Waals surface area contributed by atoms with Crippen molar-refractivity contribution in [3.05, 3.63) is 42.0 Å². The van der Waals surface area contributed by atoms with Gasteiger partial charge in [-0.05, 0) is 18.6 Å². The lowest BCUT2D eigenvalue weighted by Gasteiger charge is -2.06. The lowest BCUT2D eigenvalue weighted by Crippen LogP contribution is -2.04. The zero-order chi connectivity index (χ0) is 10.7. The van der Waals surface area contributed by atoms with Crippen LogP contribution in [0.1, 0.15) is 11.3 Å². The summed E-state index contributed by atoms with van der Waals surface area (Å²) in [4.78, 5) is 8.45. The van der Waals surface area contributed by atoms with E-state index in [1.54, 1.807) is 6.20 Å². The van der Waals surface area contributed by atoms with Gasteiger partial charge in [-0.3, -0.25) is 4.98 Å². The van der Waals surface area contributed by atoms with E-state index in [0.717, 1.165) is 18.2 Å². The highest BCUT2D eigenvalue weighted by atomic mass is 15.2.